The van der Waals surface area contributed by atoms with E-state index in [4.69, 9.17) is 16.3 Å². The van der Waals surface area contributed by atoms with Gasteiger partial charge in [0.15, 0.2) is 0 Å². The van der Waals surface area contributed by atoms with E-state index in [9.17, 15) is 4.79 Å². The second-order valence-electron chi connectivity index (χ2n) is 2.76. The van der Waals surface area contributed by atoms with Crippen LogP contribution in [0.1, 0.15) is 15.9 Å². The predicted molar refractivity (Wildman–Crippen MR) is 62.0 cm³/mol. The van der Waals surface area contributed by atoms with Crippen LogP contribution in [-0.2, 0) is 10.1 Å². The Morgan fingerprint density at radius 3 is 2.60 bits per heavy atom. The van der Waals surface area contributed by atoms with Gasteiger partial charge in [-0.1, -0.05) is 27.5 Å². The summed E-state index contributed by atoms with van der Waals surface area (Å²) in [6.45, 7) is 0. The zero-order chi connectivity index (χ0) is 11.4. The molecule has 1 aromatic rings. The molecule has 0 aromatic heterocycles. The van der Waals surface area contributed by atoms with E-state index in [1.54, 1.807) is 12.1 Å². The van der Waals surface area contributed by atoms with Crippen LogP contribution in [0.3, 0.4) is 0 Å². The second-order valence-corrected chi connectivity index (χ2v) is 3.73. The van der Waals surface area contributed by atoms with Crippen LogP contribution < -0.4 is 4.74 Å². The lowest BCUT2D eigenvalue weighted by atomic mass is 10.1. The van der Waals surface area contributed by atoms with Gasteiger partial charge < -0.3 is 9.47 Å². The van der Waals surface area contributed by atoms with Gasteiger partial charge in [-0.05, 0) is 17.7 Å². The van der Waals surface area contributed by atoms with Gasteiger partial charge in [0, 0.05) is 10.4 Å². The Hall–Kier alpha value is -0.740. The van der Waals surface area contributed by atoms with Gasteiger partial charge in [0.2, 0.25) is 0 Å². The average Bonchev–Trinajstić information content (AvgIpc) is 2.26. The fourth-order valence-electron chi connectivity index (χ4n) is 1.16. The van der Waals surface area contributed by atoms with Crippen molar-refractivity contribution in [3.63, 3.8) is 0 Å². The summed E-state index contributed by atoms with van der Waals surface area (Å²) in [4.78, 5) is 11.5. The van der Waals surface area contributed by atoms with Gasteiger partial charge in [0.25, 0.3) is 0 Å². The van der Waals surface area contributed by atoms with Crippen molar-refractivity contribution in [3.8, 4) is 5.75 Å². The van der Waals surface area contributed by atoms with Crippen LogP contribution in [0.4, 0.5) is 0 Å². The lowest BCUT2D eigenvalue weighted by Crippen LogP contribution is -2.06. The van der Waals surface area contributed by atoms with E-state index in [-0.39, 0.29) is 0 Å². The molecule has 0 radical (unpaired) electrons. The van der Waals surface area contributed by atoms with Crippen molar-refractivity contribution in [3.05, 3.63) is 28.3 Å². The van der Waals surface area contributed by atoms with Gasteiger partial charge in [-0.3, -0.25) is 0 Å². The maximum atomic E-state index is 11.5. The van der Waals surface area contributed by atoms with Crippen LogP contribution in [-0.4, -0.2) is 20.2 Å². The third-order valence-electron chi connectivity index (χ3n) is 1.94. The van der Waals surface area contributed by atoms with Crippen molar-refractivity contribution < 1.29 is 14.3 Å². The van der Waals surface area contributed by atoms with Crippen molar-refractivity contribution in [1.29, 1.82) is 0 Å². The molecular formula is C10H10BrClO3. The maximum Gasteiger partial charge on any atom is 0.338 e. The minimum atomic E-state index is -0.426. The van der Waals surface area contributed by atoms with Crippen molar-refractivity contribution in [2.75, 3.05) is 14.2 Å². The Bertz CT molecular complexity index is 379. The SMILES string of the molecule is COC(=O)c1cc(OC)cc(Cl)c1CBr. The van der Waals surface area contributed by atoms with E-state index < -0.39 is 5.97 Å². The molecule has 1 rings (SSSR count). The minimum Gasteiger partial charge on any atom is -0.497 e. The molecule has 0 saturated heterocycles. The number of halogens is 2. The van der Waals surface area contributed by atoms with Gasteiger partial charge in [-0.15, -0.1) is 0 Å². The Morgan fingerprint density at radius 1 is 1.47 bits per heavy atom. The van der Waals surface area contributed by atoms with E-state index in [0.717, 1.165) is 0 Å². The molecule has 0 aliphatic rings. The van der Waals surface area contributed by atoms with Gasteiger partial charge in [-0.2, -0.15) is 0 Å². The lowest BCUT2D eigenvalue weighted by Gasteiger charge is -2.09. The number of methoxy groups -OCH3 is 2. The van der Waals surface area contributed by atoms with E-state index in [1.807, 2.05) is 0 Å². The number of ether oxygens (including phenoxy) is 2. The molecule has 1 aromatic carbocycles. The third-order valence-corrected chi connectivity index (χ3v) is 2.84. The van der Waals surface area contributed by atoms with E-state index in [2.05, 4.69) is 20.7 Å². The normalized spacial score (nSPS) is 9.87. The molecule has 0 bridgehead atoms. The second kappa shape index (κ2) is 5.37. The monoisotopic (exact) mass is 292 g/mol. The summed E-state index contributed by atoms with van der Waals surface area (Å²) in [5.41, 5.74) is 1.11. The Kier molecular flexibility index (Phi) is 4.42. The predicted octanol–water partition coefficient (Wildman–Crippen LogP) is 3.03. The minimum absolute atomic E-state index is 0.415. The Labute approximate surface area is 101 Å². The number of rotatable bonds is 3. The first-order chi connectivity index (χ1) is 7.13. The van der Waals surface area contributed by atoms with Crippen molar-refractivity contribution in [1.82, 2.24) is 0 Å². The number of carbonyl (C=O) groups excluding carboxylic acids is 1. The van der Waals surface area contributed by atoms with Crippen LogP contribution in [0, 0.1) is 0 Å². The molecule has 0 aliphatic carbocycles. The smallest absolute Gasteiger partial charge is 0.338 e. The highest BCUT2D eigenvalue weighted by Gasteiger charge is 2.15. The van der Waals surface area contributed by atoms with Crippen molar-refractivity contribution in [2.45, 2.75) is 5.33 Å². The van der Waals surface area contributed by atoms with Crippen molar-refractivity contribution >= 4 is 33.5 Å². The number of esters is 1. The molecule has 0 aliphatic heterocycles. The Balaban J connectivity index is 3.32. The summed E-state index contributed by atoms with van der Waals surface area (Å²) >= 11 is 9.27. The molecule has 0 unspecified atom stereocenters. The number of carbonyl (C=O) groups is 1. The highest BCUT2D eigenvalue weighted by molar-refractivity contribution is 9.08. The van der Waals surface area contributed by atoms with Crippen LogP contribution in [0.15, 0.2) is 12.1 Å². The van der Waals surface area contributed by atoms with Crippen LogP contribution in [0.25, 0.3) is 0 Å². The first-order valence-electron chi connectivity index (χ1n) is 4.14. The van der Waals surface area contributed by atoms with Gasteiger partial charge >= 0.3 is 5.97 Å². The van der Waals surface area contributed by atoms with Gasteiger partial charge in [-0.25, -0.2) is 4.79 Å². The molecule has 0 N–H and O–H groups in total. The molecule has 0 amide bonds. The molecule has 0 fully saturated rings. The number of alkyl halides is 1. The first kappa shape index (κ1) is 12.3. The first-order valence-corrected chi connectivity index (χ1v) is 5.64. The molecule has 0 spiro atoms. The molecule has 15 heavy (non-hydrogen) atoms. The van der Waals surface area contributed by atoms with E-state index >= 15 is 0 Å². The topological polar surface area (TPSA) is 35.5 Å². The standard InChI is InChI=1S/C10H10BrClO3/c1-14-6-3-7(10(13)15-2)8(5-11)9(12)4-6/h3-4H,5H2,1-2H3. The maximum absolute atomic E-state index is 11.5. The van der Waals surface area contributed by atoms with E-state index in [1.165, 1.54) is 14.2 Å². The molecule has 0 saturated carbocycles. The average molecular weight is 294 g/mol. The summed E-state index contributed by atoms with van der Waals surface area (Å²) in [6, 6.07) is 3.26. The van der Waals surface area contributed by atoms with Gasteiger partial charge in [0.05, 0.1) is 19.8 Å². The van der Waals surface area contributed by atoms with E-state index in [0.29, 0.717) is 27.2 Å². The summed E-state index contributed by atoms with van der Waals surface area (Å²) in [7, 11) is 2.84. The summed E-state index contributed by atoms with van der Waals surface area (Å²) in [5, 5.41) is 0.965. The summed E-state index contributed by atoms with van der Waals surface area (Å²) in [5.74, 6) is 0.107. The fraction of sp³-hybridized carbons (Fsp3) is 0.300. The van der Waals surface area contributed by atoms with Crippen LogP contribution in [0.5, 0.6) is 5.75 Å². The highest BCUT2D eigenvalue weighted by Crippen LogP contribution is 2.28. The number of benzene rings is 1. The Morgan fingerprint density at radius 2 is 2.13 bits per heavy atom. The molecule has 3 nitrogen and oxygen atoms in total. The zero-order valence-corrected chi connectivity index (χ0v) is 10.7. The molecule has 82 valence electrons. The van der Waals surface area contributed by atoms with Crippen molar-refractivity contribution in [2.24, 2.45) is 0 Å². The zero-order valence-electron chi connectivity index (χ0n) is 8.34. The lowest BCUT2D eigenvalue weighted by molar-refractivity contribution is 0.0599. The summed E-state index contributed by atoms with van der Waals surface area (Å²) < 4.78 is 9.68. The molecule has 5 heteroatoms. The number of hydrogen-bond donors (Lipinski definition) is 0. The highest BCUT2D eigenvalue weighted by atomic mass is 79.9. The fourth-order valence-corrected chi connectivity index (χ4v) is 2.20. The van der Waals surface area contributed by atoms with Gasteiger partial charge in [0.1, 0.15) is 5.75 Å². The summed E-state index contributed by atoms with van der Waals surface area (Å²) in [6.07, 6.45) is 0. The van der Waals surface area contributed by atoms with Crippen LogP contribution >= 0.6 is 27.5 Å². The molecular weight excluding hydrogens is 283 g/mol. The number of hydrogen-bond acceptors (Lipinski definition) is 3. The third kappa shape index (κ3) is 2.63. The molecule has 0 heterocycles. The van der Waals surface area contributed by atoms with Crippen LogP contribution in [0.2, 0.25) is 5.02 Å². The molecule has 0 atom stereocenters. The largest absolute Gasteiger partial charge is 0.497 e. The quantitative estimate of drug-likeness (QED) is 0.635.